The van der Waals surface area contributed by atoms with Crippen LogP contribution in [0.5, 0.6) is 11.5 Å². The molecule has 3 aromatic rings. The molecule has 10 nitrogen and oxygen atoms in total. The number of para-hydroxylation sites is 3. The summed E-state index contributed by atoms with van der Waals surface area (Å²) in [6.07, 6.45) is 5.53. The molecule has 2 heterocycles. The molecule has 0 spiro atoms. The van der Waals surface area contributed by atoms with Gasteiger partial charge in [-0.1, -0.05) is 30.3 Å². The molecular formula is C33H40N4O6S. The third-order valence-corrected chi connectivity index (χ3v) is 9.68. The Morgan fingerprint density at radius 3 is 2.23 bits per heavy atom. The predicted molar refractivity (Wildman–Crippen MR) is 168 cm³/mol. The van der Waals surface area contributed by atoms with E-state index in [1.165, 1.54) is 50.2 Å². The summed E-state index contributed by atoms with van der Waals surface area (Å²) in [6.45, 7) is 4.16. The van der Waals surface area contributed by atoms with Crippen LogP contribution in [-0.4, -0.2) is 80.5 Å². The zero-order chi connectivity index (χ0) is 30.9. The number of carbonyl (C=O) groups is 2. The minimum Gasteiger partial charge on any atom is -0.455 e. The van der Waals surface area contributed by atoms with Gasteiger partial charge >= 0.3 is 0 Å². The molecule has 2 fully saturated rings. The van der Waals surface area contributed by atoms with Gasteiger partial charge in [-0.3, -0.25) is 14.3 Å². The summed E-state index contributed by atoms with van der Waals surface area (Å²) in [5.41, 5.74) is 0.432. The number of likely N-dealkylation sites (tertiary alicyclic amines) is 2. The number of aliphatic hydroxyl groups excluding tert-OH is 1. The summed E-state index contributed by atoms with van der Waals surface area (Å²) in [6, 6.07) is 20.0. The number of sulfonamides is 1. The maximum atomic E-state index is 13.2. The van der Waals surface area contributed by atoms with E-state index in [0.717, 1.165) is 25.8 Å². The first-order valence-electron chi connectivity index (χ1n) is 15.2. The first-order chi connectivity index (χ1) is 21.3. The predicted octanol–water partition coefficient (Wildman–Crippen LogP) is 4.09. The van der Waals surface area contributed by atoms with Crippen LogP contribution >= 0.6 is 0 Å². The molecule has 0 radical (unpaired) electrons. The highest BCUT2D eigenvalue weighted by Gasteiger charge is 2.29. The molecule has 1 atom stereocenters. The van der Waals surface area contributed by atoms with Crippen LogP contribution in [0.15, 0.2) is 83.8 Å². The van der Waals surface area contributed by atoms with Crippen LogP contribution in [0, 0.1) is 5.92 Å². The van der Waals surface area contributed by atoms with E-state index in [1.807, 2.05) is 18.2 Å². The molecule has 2 amide bonds. The van der Waals surface area contributed by atoms with Gasteiger partial charge in [-0.05, 0) is 106 Å². The van der Waals surface area contributed by atoms with Crippen molar-refractivity contribution in [3.8, 4) is 11.5 Å². The zero-order valence-electron chi connectivity index (χ0n) is 24.7. The highest BCUT2D eigenvalue weighted by Crippen LogP contribution is 2.31. The molecule has 2 aliphatic heterocycles. The van der Waals surface area contributed by atoms with E-state index in [1.54, 1.807) is 41.3 Å². The second-order valence-electron chi connectivity index (χ2n) is 11.4. The van der Waals surface area contributed by atoms with Crippen LogP contribution in [-0.2, 0) is 14.8 Å². The average Bonchev–Trinajstić information content (AvgIpc) is 3.58. The van der Waals surface area contributed by atoms with Crippen LogP contribution < -0.4 is 14.8 Å². The number of piperidine rings is 1. The summed E-state index contributed by atoms with van der Waals surface area (Å²) >= 11 is 0. The number of ether oxygens (including phenoxy) is 1. The van der Waals surface area contributed by atoms with Gasteiger partial charge in [0, 0.05) is 18.7 Å². The van der Waals surface area contributed by atoms with Crippen molar-refractivity contribution in [1.82, 2.24) is 15.1 Å². The topological polar surface area (TPSA) is 128 Å². The average molecular weight is 621 g/mol. The number of hydrogen-bond donors (Lipinski definition) is 3. The highest BCUT2D eigenvalue weighted by atomic mass is 32.2. The number of aliphatic hydroxyl groups is 1. The fourth-order valence-electron chi connectivity index (χ4n) is 5.71. The number of carbonyl (C=O) groups excluding carboxylic acids is 2. The number of nitrogens with zero attached hydrogens (tertiary/aromatic N) is 2. The van der Waals surface area contributed by atoms with Crippen molar-refractivity contribution in [1.29, 1.82) is 0 Å². The Morgan fingerprint density at radius 2 is 1.55 bits per heavy atom. The molecule has 0 saturated carbocycles. The van der Waals surface area contributed by atoms with E-state index in [-0.39, 0.29) is 22.1 Å². The number of amides is 2. The molecule has 0 aliphatic carbocycles. The third-order valence-electron chi connectivity index (χ3n) is 8.29. The number of rotatable bonds is 12. The number of anilines is 1. The smallest absolute Gasteiger partial charge is 0.262 e. The Bertz CT molecular complexity index is 1500. The summed E-state index contributed by atoms with van der Waals surface area (Å²) in [5.74, 6) is 0.599. The van der Waals surface area contributed by atoms with Crippen molar-refractivity contribution in [2.75, 3.05) is 44.1 Å². The standard InChI is InChI=1S/C33H40N4O6S/c38-24-30(33(40)37-22-17-25(18-23-37)16-21-36-19-6-7-20-36)34-32(39)26-12-14-28(15-13-26)44(41,42)35-29-10-4-5-11-31(29)43-27-8-2-1-3-9-27/h1-5,8-15,25,30,35,38H,6-7,16-24H2,(H,34,39). The Balaban J connectivity index is 1.15. The van der Waals surface area contributed by atoms with Gasteiger partial charge in [-0.25, -0.2) is 8.42 Å². The molecule has 0 bridgehead atoms. The molecular weight excluding hydrogens is 580 g/mol. The minimum absolute atomic E-state index is 0.0500. The summed E-state index contributed by atoms with van der Waals surface area (Å²) in [4.78, 5) is 30.2. The van der Waals surface area contributed by atoms with Gasteiger partial charge in [0.05, 0.1) is 17.2 Å². The normalized spacial score (nSPS) is 16.8. The van der Waals surface area contributed by atoms with Gasteiger partial charge in [0.1, 0.15) is 11.8 Å². The zero-order valence-corrected chi connectivity index (χ0v) is 25.5. The van der Waals surface area contributed by atoms with Crippen molar-refractivity contribution in [2.24, 2.45) is 5.92 Å². The van der Waals surface area contributed by atoms with Crippen molar-refractivity contribution >= 4 is 27.5 Å². The Kier molecular flexibility index (Phi) is 10.5. The van der Waals surface area contributed by atoms with Crippen molar-refractivity contribution in [2.45, 2.75) is 43.0 Å². The molecule has 44 heavy (non-hydrogen) atoms. The monoisotopic (exact) mass is 620 g/mol. The molecule has 2 aliphatic rings. The van der Waals surface area contributed by atoms with E-state index in [0.29, 0.717) is 30.5 Å². The van der Waals surface area contributed by atoms with Gasteiger partial charge in [-0.2, -0.15) is 0 Å². The lowest BCUT2D eigenvalue weighted by atomic mass is 9.93. The molecule has 3 N–H and O–H groups in total. The lowest BCUT2D eigenvalue weighted by molar-refractivity contribution is -0.135. The summed E-state index contributed by atoms with van der Waals surface area (Å²) in [5, 5.41) is 12.5. The van der Waals surface area contributed by atoms with Gasteiger partial charge in [0.2, 0.25) is 5.91 Å². The van der Waals surface area contributed by atoms with Crippen LogP contribution in [0.25, 0.3) is 0 Å². The SMILES string of the molecule is O=C(NC(CO)C(=O)N1CCC(CCN2CCCC2)CC1)c1ccc(S(=O)(=O)Nc2ccccc2Oc2ccccc2)cc1. The van der Waals surface area contributed by atoms with Gasteiger partial charge in [0.25, 0.3) is 15.9 Å². The third kappa shape index (κ3) is 8.16. The van der Waals surface area contributed by atoms with Crippen molar-refractivity contribution in [3.63, 3.8) is 0 Å². The van der Waals surface area contributed by atoms with Crippen molar-refractivity contribution in [3.05, 3.63) is 84.4 Å². The molecule has 2 saturated heterocycles. The van der Waals surface area contributed by atoms with E-state index in [2.05, 4.69) is 14.9 Å². The lowest BCUT2D eigenvalue weighted by Crippen LogP contribution is -2.52. The fraction of sp³-hybridized carbons (Fsp3) is 0.394. The second-order valence-corrected chi connectivity index (χ2v) is 13.0. The molecule has 5 rings (SSSR count). The molecule has 0 aromatic heterocycles. The van der Waals surface area contributed by atoms with Gasteiger partial charge in [-0.15, -0.1) is 0 Å². The fourth-order valence-corrected chi connectivity index (χ4v) is 6.78. The van der Waals surface area contributed by atoms with Crippen LogP contribution in [0.2, 0.25) is 0 Å². The lowest BCUT2D eigenvalue weighted by Gasteiger charge is -2.34. The first kappa shape index (κ1) is 31.5. The number of nitrogens with one attached hydrogen (secondary N) is 2. The Labute approximate surface area is 259 Å². The van der Waals surface area contributed by atoms with Crippen LogP contribution in [0.3, 0.4) is 0 Å². The molecule has 234 valence electrons. The Hall–Kier alpha value is -3.93. The first-order valence-corrected chi connectivity index (χ1v) is 16.7. The van der Waals surface area contributed by atoms with Gasteiger partial charge in [0.15, 0.2) is 5.75 Å². The molecule has 1 unspecified atom stereocenters. The quantitative estimate of drug-likeness (QED) is 0.278. The van der Waals surface area contributed by atoms with E-state index in [4.69, 9.17) is 4.74 Å². The van der Waals surface area contributed by atoms with Gasteiger partial charge < -0.3 is 25.0 Å². The van der Waals surface area contributed by atoms with E-state index >= 15 is 0 Å². The van der Waals surface area contributed by atoms with Crippen LogP contribution in [0.1, 0.15) is 42.5 Å². The maximum Gasteiger partial charge on any atom is 0.262 e. The number of benzene rings is 3. The summed E-state index contributed by atoms with van der Waals surface area (Å²) in [7, 11) is -4.01. The minimum atomic E-state index is -4.01. The Morgan fingerprint density at radius 1 is 0.886 bits per heavy atom. The van der Waals surface area contributed by atoms with Crippen molar-refractivity contribution < 1.29 is 27.9 Å². The molecule has 11 heteroatoms. The largest absolute Gasteiger partial charge is 0.455 e. The second kappa shape index (κ2) is 14.7. The van der Waals surface area contributed by atoms with Crippen LogP contribution in [0.4, 0.5) is 5.69 Å². The van der Waals surface area contributed by atoms with E-state index < -0.39 is 28.6 Å². The summed E-state index contributed by atoms with van der Waals surface area (Å²) < 4.78 is 34.7. The number of hydrogen-bond acceptors (Lipinski definition) is 7. The molecule has 3 aromatic carbocycles. The van der Waals surface area contributed by atoms with E-state index in [9.17, 15) is 23.1 Å². The highest BCUT2D eigenvalue weighted by molar-refractivity contribution is 7.92. The maximum absolute atomic E-state index is 13.2.